The van der Waals surface area contributed by atoms with Gasteiger partial charge in [0.1, 0.15) is 12.0 Å². The zero-order valence-electron chi connectivity index (χ0n) is 18.2. The Morgan fingerprint density at radius 3 is 2.74 bits per heavy atom. The van der Waals surface area contributed by atoms with E-state index in [-0.39, 0.29) is 18.2 Å². The standard InChI is InChI=1S/C25H29N3O3/c1-4-20-22(17-10-11-17)15-28(24(20)26-5-2)23-13-12-19(31-23)14-27(3)25(30)21-9-7-6-8-18(21)16-29/h4-9,15-17,19,23H,1,10-14H2,2-3H3/b26-5-. The average molecular weight is 420 g/mol. The average Bonchev–Trinajstić information content (AvgIpc) is 3.43. The zero-order valence-corrected chi connectivity index (χ0v) is 18.2. The lowest BCUT2D eigenvalue weighted by molar-refractivity contribution is -0.00792. The molecule has 6 heteroatoms. The zero-order chi connectivity index (χ0) is 22.0. The minimum atomic E-state index is -0.169. The molecule has 1 aliphatic carbocycles. The molecule has 1 aliphatic heterocycles. The molecule has 2 atom stereocenters. The molecular formula is C25H29N3O3. The predicted octanol–water partition coefficient (Wildman–Crippen LogP) is 4.99. The van der Waals surface area contributed by atoms with E-state index in [1.165, 1.54) is 18.4 Å². The Morgan fingerprint density at radius 1 is 1.29 bits per heavy atom. The highest BCUT2D eigenvalue weighted by Crippen LogP contribution is 2.47. The second kappa shape index (κ2) is 9.02. The first kappa shape index (κ1) is 21.2. The van der Waals surface area contributed by atoms with Gasteiger partial charge < -0.3 is 14.2 Å². The van der Waals surface area contributed by atoms with E-state index in [0.717, 1.165) is 30.5 Å². The minimum Gasteiger partial charge on any atom is -0.353 e. The van der Waals surface area contributed by atoms with Crippen molar-refractivity contribution in [2.75, 3.05) is 13.6 Å². The van der Waals surface area contributed by atoms with E-state index in [0.29, 0.717) is 23.6 Å². The van der Waals surface area contributed by atoms with E-state index in [1.54, 1.807) is 42.4 Å². The molecule has 2 unspecified atom stereocenters. The van der Waals surface area contributed by atoms with Crippen LogP contribution >= 0.6 is 0 Å². The van der Waals surface area contributed by atoms with Crippen LogP contribution in [-0.2, 0) is 4.74 Å². The number of aromatic nitrogens is 1. The summed E-state index contributed by atoms with van der Waals surface area (Å²) >= 11 is 0. The van der Waals surface area contributed by atoms with Crippen LogP contribution in [0.25, 0.3) is 6.08 Å². The number of ether oxygens (including phenoxy) is 1. The molecule has 31 heavy (non-hydrogen) atoms. The summed E-state index contributed by atoms with van der Waals surface area (Å²) in [5, 5.41) is 0. The largest absolute Gasteiger partial charge is 0.353 e. The van der Waals surface area contributed by atoms with E-state index in [1.807, 2.05) is 13.0 Å². The third kappa shape index (κ3) is 4.26. The maximum absolute atomic E-state index is 12.8. The lowest BCUT2D eigenvalue weighted by Crippen LogP contribution is -2.34. The number of carbonyl (C=O) groups is 2. The highest BCUT2D eigenvalue weighted by molar-refractivity contribution is 6.01. The summed E-state index contributed by atoms with van der Waals surface area (Å²) in [7, 11) is 1.75. The number of likely N-dealkylation sites (N-methyl/N-ethyl adjacent to an activating group) is 1. The summed E-state index contributed by atoms with van der Waals surface area (Å²) in [6.07, 6.45) is 10.6. The van der Waals surface area contributed by atoms with E-state index in [2.05, 4.69) is 22.3 Å². The highest BCUT2D eigenvalue weighted by atomic mass is 16.5. The van der Waals surface area contributed by atoms with E-state index >= 15 is 0 Å². The number of aliphatic imine (C=N–C) groups is 1. The fourth-order valence-electron chi connectivity index (χ4n) is 4.37. The number of rotatable bonds is 8. The van der Waals surface area contributed by atoms with Crippen molar-refractivity contribution in [3.05, 3.63) is 59.3 Å². The molecule has 0 spiro atoms. The van der Waals surface area contributed by atoms with Gasteiger partial charge in [0, 0.05) is 37.1 Å². The van der Waals surface area contributed by atoms with Crippen LogP contribution in [0.2, 0.25) is 0 Å². The van der Waals surface area contributed by atoms with E-state index < -0.39 is 0 Å². The first-order chi connectivity index (χ1) is 15.1. The summed E-state index contributed by atoms with van der Waals surface area (Å²) in [5.41, 5.74) is 3.23. The van der Waals surface area contributed by atoms with Crippen LogP contribution in [0.5, 0.6) is 0 Å². The first-order valence-electron chi connectivity index (χ1n) is 10.9. The lowest BCUT2D eigenvalue weighted by Gasteiger charge is -2.23. The molecule has 2 aromatic rings. The van der Waals surface area contributed by atoms with Crippen molar-refractivity contribution in [2.45, 2.75) is 50.9 Å². The van der Waals surface area contributed by atoms with Crippen molar-refractivity contribution < 1.29 is 14.3 Å². The molecule has 2 aliphatic rings. The summed E-state index contributed by atoms with van der Waals surface area (Å²) in [4.78, 5) is 30.4. The Kier molecular flexibility index (Phi) is 6.18. The van der Waals surface area contributed by atoms with Crippen LogP contribution in [0.4, 0.5) is 5.82 Å². The van der Waals surface area contributed by atoms with Crippen molar-refractivity contribution in [1.82, 2.24) is 9.47 Å². The van der Waals surface area contributed by atoms with Crippen molar-refractivity contribution in [2.24, 2.45) is 4.99 Å². The van der Waals surface area contributed by atoms with Crippen LogP contribution in [0.1, 0.15) is 76.6 Å². The molecule has 1 aromatic carbocycles. The third-order valence-electron chi connectivity index (χ3n) is 6.09. The molecule has 0 bridgehead atoms. The maximum Gasteiger partial charge on any atom is 0.254 e. The molecule has 2 fully saturated rings. The van der Waals surface area contributed by atoms with Gasteiger partial charge in [0.25, 0.3) is 5.91 Å². The molecule has 1 saturated heterocycles. The number of benzene rings is 1. The van der Waals surface area contributed by atoms with Gasteiger partial charge >= 0.3 is 0 Å². The fraction of sp³-hybridized carbons (Fsp3) is 0.400. The van der Waals surface area contributed by atoms with Gasteiger partial charge in [0.15, 0.2) is 6.29 Å². The van der Waals surface area contributed by atoms with Gasteiger partial charge in [-0.05, 0) is 50.2 Å². The second-order valence-corrected chi connectivity index (χ2v) is 8.28. The number of aldehydes is 1. The fourth-order valence-corrected chi connectivity index (χ4v) is 4.37. The van der Waals surface area contributed by atoms with Crippen LogP contribution < -0.4 is 0 Å². The number of amides is 1. The summed E-state index contributed by atoms with van der Waals surface area (Å²) in [5.74, 6) is 1.32. The van der Waals surface area contributed by atoms with Crippen molar-refractivity contribution >= 4 is 30.3 Å². The molecule has 6 nitrogen and oxygen atoms in total. The van der Waals surface area contributed by atoms with Crippen molar-refractivity contribution in [3.8, 4) is 0 Å². The van der Waals surface area contributed by atoms with Gasteiger partial charge in [-0.15, -0.1) is 0 Å². The Labute approximate surface area is 183 Å². The lowest BCUT2D eigenvalue weighted by atomic mass is 10.1. The SMILES string of the molecule is C=Cc1c(C2CC2)cn(C2CCC(CN(C)C(=O)c3ccccc3C=O)O2)c1/N=C\C. The van der Waals surface area contributed by atoms with E-state index in [4.69, 9.17) is 4.74 Å². The molecule has 0 radical (unpaired) electrons. The van der Waals surface area contributed by atoms with Crippen molar-refractivity contribution in [1.29, 1.82) is 0 Å². The highest BCUT2D eigenvalue weighted by Gasteiger charge is 2.34. The predicted molar refractivity (Wildman–Crippen MR) is 122 cm³/mol. The first-order valence-corrected chi connectivity index (χ1v) is 10.9. The van der Waals surface area contributed by atoms with Gasteiger partial charge in [-0.3, -0.25) is 9.59 Å². The van der Waals surface area contributed by atoms with Crippen LogP contribution in [0.15, 0.2) is 42.0 Å². The summed E-state index contributed by atoms with van der Waals surface area (Å²) < 4.78 is 8.49. The van der Waals surface area contributed by atoms with Crippen molar-refractivity contribution in [3.63, 3.8) is 0 Å². The molecular weight excluding hydrogens is 390 g/mol. The van der Waals surface area contributed by atoms with Crippen LogP contribution in [0, 0.1) is 0 Å². The molecule has 1 amide bonds. The minimum absolute atomic E-state index is 0.0697. The normalized spacial score (nSPS) is 20.8. The number of carbonyl (C=O) groups excluding carboxylic acids is 2. The van der Waals surface area contributed by atoms with Crippen LogP contribution in [-0.4, -0.2) is 47.6 Å². The third-order valence-corrected chi connectivity index (χ3v) is 6.09. The Morgan fingerprint density at radius 2 is 2.06 bits per heavy atom. The Bertz CT molecular complexity index is 1020. The number of hydrogen-bond acceptors (Lipinski definition) is 4. The Hall–Kier alpha value is -2.99. The Balaban J connectivity index is 1.48. The van der Waals surface area contributed by atoms with Gasteiger partial charge in [-0.2, -0.15) is 0 Å². The quantitative estimate of drug-likeness (QED) is 0.447. The topological polar surface area (TPSA) is 63.9 Å². The van der Waals surface area contributed by atoms with Gasteiger partial charge in [-0.25, -0.2) is 4.99 Å². The maximum atomic E-state index is 12.8. The van der Waals surface area contributed by atoms with Gasteiger partial charge in [-0.1, -0.05) is 30.9 Å². The molecule has 162 valence electrons. The second-order valence-electron chi connectivity index (χ2n) is 8.28. The summed E-state index contributed by atoms with van der Waals surface area (Å²) in [6, 6.07) is 6.87. The van der Waals surface area contributed by atoms with Gasteiger partial charge in [0.2, 0.25) is 0 Å². The molecule has 0 N–H and O–H groups in total. The van der Waals surface area contributed by atoms with Crippen LogP contribution in [0.3, 0.4) is 0 Å². The molecule has 1 saturated carbocycles. The number of nitrogens with zero attached hydrogens (tertiary/aromatic N) is 3. The van der Waals surface area contributed by atoms with Gasteiger partial charge in [0.05, 0.1) is 11.7 Å². The number of hydrogen-bond donors (Lipinski definition) is 0. The molecule has 4 rings (SSSR count). The molecule has 1 aromatic heterocycles. The summed E-state index contributed by atoms with van der Waals surface area (Å²) in [6.45, 7) is 6.39. The monoisotopic (exact) mass is 419 g/mol. The smallest absolute Gasteiger partial charge is 0.254 e. The molecule has 2 heterocycles. The van der Waals surface area contributed by atoms with E-state index in [9.17, 15) is 9.59 Å².